The fraction of sp³-hybridized carbons (Fsp3) is 0. The van der Waals surface area contributed by atoms with Crippen molar-refractivity contribution >= 4 is 21.6 Å². The molecule has 0 aliphatic heterocycles. The summed E-state index contributed by atoms with van der Waals surface area (Å²) in [6.45, 7) is 0. The van der Waals surface area contributed by atoms with Crippen LogP contribution in [0, 0.1) is 11.3 Å². The van der Waals surface area contributed by atoms with E-state index in [1.165, 1.54) is 11.5 Å². The Labute approximate surface area is 107 Å². The second-order valence-electron chi connectivity index (χ2n) is 3.82. The average molecular weight is 252 g/mol. The highest BCUT2D eigenvalue weighted by Crippen LogP contribution is 2.21. The van der Waals surface area contributed by atoms with Crippen molar-refractivity contribution in [3.05, 3.63) is 64.4 Å². The molecule has 3 aromatic rings. The molecule has 0 spiro atoms. The second kappa shape index (κ2) is 4.13. The number of rotatable bonds is 1. The van der Waals surface area contributed by atoms with E-state index in [1.807, 2.05) is 24.3 Å². The van der Waals surface area contributed by atoms with E-state index in [-0.39, 0.29) is 5.56 Å². The quantitative estimate of drug-likeness (QED) is 0.668. The van der Waals surface area contributed by atoms with E-state index in [2.05, 4.69) is 6.07 Å². The molecule has 18 heavy (non-hydrogen) atoms. The smallest absolute Gasteiger partial charge is 0.267 e. The summed E-state index contributed by atoms with van der Waals surface area (Å²) in [4.78, 5) is 12.3. The summed E-state index contributed by atoms with van der Waals surface area (Å²) in [6.07, 6.45) is 0. The first-order chi connectivity index (χ1) is 8.81. The first kappa shape index (κ1) is 10.8. The lowest BCUT2D eigenvalue weighted by atomic mass is 10.2. The Hall–Kier alpha value is -2.38. The summed E-state index contributed by atoms with van der Waals surface area (Å²) in [7, 11) is 0. The molecule has 0 aliphatic carbocycles. The minimum Gasteiger partial charge on any atom is -0.267 e. The van der Waals surface area contributed by atoms with Crippen LogP contribution in [-0.4, -0.2) is 3.96 Å². The highest BCUT2D eigenvalue weighted by Gasteiger charge is 2.11. The molecule has 0 bridgehead atoms. The van der Waals surface area contributed by atoms with E-state index in [9.17, 15) is 4.79 Å². The van der Waals surface area contributed by atoms with Crippen molar-refractivity contribution in [1.29, 1.82) is 5.26 Å². The molecule has 2 aromatic carbocycles. The van der Waals surface area contributed by atoms with Gasteiger partial charge in [-0.3, -0.25) is 4.79 Å². The van der Waals surface area contributed by atoms with Crippen molar-refractivity contribution in [2.45, 2.75) is 0 Å². The molecule has 0 amide bonds. The van der Waals surface area contributed by atoms with Gasteiger partial charge in [0, 0.05) is 0 Å². The van der Waals surface area contributed by atoms with Crippen molar-refractivity contribution in [3.8, 4) is 11.8 Å². The van der Waals surface area contributed by atoms with E-state index in [1.54, 1.807) is 28.2 Å². The summed E-state index contributed by atoms with van der Waals surface area (Å²) < 4.78 is 2.50. The predicted molar refractivity (Wildman–Crippen MR) is 72.1 cm³/mol. The van der Waals surface area contributed by atoms with Gasteiger partial charge in [-0.15, -0.1) is 0 Å². The number of aromatic nitrogens is 1. The first-order valence-electron chi connectivity index (χ1n) is 5.42. The van der Waals surface area contributed by atoms with Crippen LogP contribution in [0.2, 0.25) is 0 Å². The molecular formula is C14H8N2OS. The maximum Gasteiger partial charge on any atom is 0.273 e. The maximum absolute atomic E-state index is 12.3. The molecule has 1 aromatic heterocycles. The standard InChI is InChI=1S/C14H8N2OS/c15-9-10-5-1-3-7-12(10)16-14(17)11-6-2-4-8-13(11)18-16/h1-8H. The Kier molecular flexibility index (Phi) is 2.47. The Bertz CT molecular complexity index is 823. The average Bonchev–Trinajstić information content (AvgIpc) is 2.76. The van der Waals surface area contributed by atoms with Crippen LogP contribution < -0.4 is 5.56 Å². The van der Waals surface area contributed by atoms with Gasteiger partial charge in [-0.05, 0) is 24.3 Å². The lowest BCUT2D eigenvalue weighted by Crippen LogP contribution is -2.11. The number of hydrogen-bond acceptors (Lipinski definition) is 3. The molecule has 0 N–H and O–H groups in total. The molecule has 0 saturated heterocycles. The Morgan fingerprint density at radius 2 is 1.78 bits per heavy atom. The van der Waals surface area contributed by atoms with Crippen LogP contribution in [-0.2, 0) is 0 Å². The zero-order chi connectivity index (χ0) is 12.5. The van der Waals surface area contributed by atoms with Gasteiger partial charge in [0.05, 0.1) is 21.3 Å². The molecule has 4 heteroatoms. The summed E-state index contributed by atoms with van der Waals surface area (Å²) >= 11 is 1.36. The third kappa shape index (κ3) is 1.53. The van der Waals surface area contributed by atoms with Gasteiger partial charge in [0.25, 0.3) is 5.56 Å². The van der Waals surface area contributed by atoms with Gasteiger partial charge >= 0.3 is 0 Å². The fourth-order valence-electron chi connectivity index (χ4n) is 1.88. The monoisotopic (exact) mass is 252 g/mol. The largest absolute Gasteiger partial charge is 0.273 e. The predicted octanol–water partition coefficient (Wildman–Crippen LogP) is 2.92. The van der Waals surface area contributed by atoms with Gasteiger partial charge < -0.3 is 0 Å². The molecule has 0 saturated carbocycles. The number of fused-ring (bicyclic) bond motifs is 1. The normalized spacial score (nSPS) is 10.4. The molecule has 0 unspecified atom stereocenters. The summed E-state index contributed by atoms with van der Waals surface area (Å²) in [5.74, 6) is 0. The van der Waals surface area contributed by atoms with Crippen LogP contribution in [0.4, 0.5) is 0 Å². The third-order valence-electron chi connectivity index (χ3n) is 2.73. The van der Waals surface area contributed by atoms with Crippen LogP contribution in [0.15, 0.2) is 53.3 Å². The van der Waals surface area contributed by atoms with Crippen LogP contribution in [0.5, 0.6) is 0 Å². The molecule has 3 rings (SSSR count). The molecule has 0 atom stereocenters. The van der Waals surface area contributed by atoms with Gasteiger partial charge in [-0.1, -0.05) is 35.8 Å². The summed E-state index contributed by atoms with van der Waals surface area (Å²) in [6, 6.07) is 16.7. The molecule has 86 valence electrons. The van der Waals surface area contributed by atoms with E-state index in [4.69, 9.17) is 5.26 Å². The van der Waals surface area contributed by atoms with Gasteiger partial charge in [-0.25, -0.2) is 3.96 Å². The minimum atomic E-state index is -0.0710. The first-order valence-corrected chi connectivity index (χ1v) is 6.19. The lowest BCUT2D eigenvalue weighted by Gasteiger charge is -2.01. The summed E-state index contributed by atoms with van der Waals surface area (Å²) in [5, 5.41) is 9.77. The SMILES string of the molecule is N#Cc1ccccc1-n1sc2ccccc2c1=O. The third-order valence-corrected chi connectivity index (χ3v) is 3.83. The van der Waals surface area contributed by atoms with E-state index in [0.29, 0.717) is 16.6 Å². The van der Waals surface area contributed by atoms with Gasteiger partial charge in [-0.2, -0.15) is 5.26 Å². The van der Waals surface area contributed by atoms with Crippen molar-refractivity contribution in [3.63, 3.8) is 0 Å². The van der Waals surface area contributed by atoms with Crippen LogP contribution in [0.1, 0.15) is 5.56 Å². The molecule has 0 aliphatic rings. The number of hydrogen-bond donors (Lipinski definition) is 0. The topological polar surface area (TPSA) is 45.8 Å². The van der Waals surface area contributed by atoms with Crippen molar-refractivity contribution in [2.75, 3.05) is 0 Å². The molecular weight excluding hydrogens is 244 g/mol. The zero-order valence-electron chi connectivity index (χ0n) is 9.33. The van der Waals surface area contributed by atoms with E-state index in [0.717, 1.165) is 4.70 Å². The van der Waals surface area contributed by atoms with E-state index < -0.39 is 0 Å². The lowest BCUT2D eigenvalue weighted by molar-refractivity contribution is 1.13. The van der Waals surface area contributed by atoms with Gasteiger partial charge in [0.2, 0.25) is 0 Å². The van der Waals surface area contributed by atoms with Crippen LogP contribution >= 0.6 is 11.5 Å². The summed E-state index contributed by atoms with van der Waals surface area (Å²) in [5.41, 5.74) is 1.08. The van der Waals surface area contributed by atoms with Gasteiger partial charge in [0.15, 0.2) is 0 Å². The van der Waals surface area contributed by atoms with Gasteiger partial charge in [0.1, 0.15) is 6.07 Å². The fourth-order valence-corrected chi connectivity index (χ4v) is 2.90. The van der Waals surface area contributed by atoms with E-state index >= 15 is 0 Å². The molecule has 1 heterocycles. The Balaban J connectivity index is 2.37. The number of para-hydroxylation sites is 1. The molecule has 3 nitrogen and oxygen atoms in total. The van der Waals surface area contributed by atoms with Crippen LogP contribution in [0.3, 0.4) is 0 Å². The zero-order valence-corrected chi connectivity index (χ0v) is 10.1. The Morgan fingerprint density at radius 1 is 1.06 bits per heavy atom. The molecule has 0 fully saturated rings. The van der Waals surface area contributed by atoms with Crippen molar-refractivity contribution < 1.29 is 0 Å². The minimum absolute atomic E-state index is 0.0710. The highest BCUT2D eigenvalue weighted by molar-refractivity contribution is 7.14. The maximum atomic E-state index is 12.3. The Morgan fingerprint density at radius 3 is 2.56 bits per heavy atom. The van der Waals surface area contributed by atoms with Crippen molar-refractivity contribution in [1.82, 2.24) is 3.96 Å². The number of nitrogens with zero attached hydrogens (tertiary/aromatic N) is 2. The van der Waals surface area contributed by atoms with Crippen LogP contribution in [0.25, 0.3) is 15.8 Å². The molecule has 0 radical (unpaired) electrons. The van der Waals surface area contributed by atoms with Crippen molar-refractivity contribution in [2.24, 2.45) is 0 Å². The number of nitriles is 1. The second-order valence-corrected chi connectivity index (χ2v) is 4.80. The highest BCUT2D eigenvalue weighted by atomic mass is 32.1. The number of benzene rings is 2.